The van der Waals surface area contributed by atoms with Gasteiger partial charge in [-0.2, -0.15) is 0 Å². The number of nitrogens with zero attached hydrogens (tertiary/aromatic N) is 2. The Bertz CT molecular complexity index is 464. The Kier molecular flexibility index (Phi) is 1.04. The molecule has 0 radical (unpaired) electrons. The zero-order valence-electron chi connectivity index (χ0n) is 5.91. The second-order valence-electron chi connectivity index (χ2n) is 2.61. The monoisotopic (exact) mass is 222 g/mol. The highest BCUT2D eigenvalue weighted by Gasteiger charge is 2.18. The zero-order valence-corrected chi connectivity index (χ0v) is 7.50. The lowest BCUT2D eigenvalue weighted by molar-refractivity contribution is 0.587. The minimum atomic E-state index is 0.580. The van der Waals surface area contributed by atoms with E-state index in [0.717, 1.165) is 15.6 Å². The van der Waals surface area contributed by atoms with Gasteiger partial charge in [0.15, 0.2) is 0 Å². The van der Waals surface area contributed by atoms with Crippen molar-refractivity contribution in [2.75, 3.05) is 0 Å². The van der Waals surface area contributed by atoms with Gasteiger partial charge in [0.2, 0.25) is 11.8 Å². The summed E-state index contributed by atoms with van der Waals surface area (Å²) < 4.78 is 6.36. The highest BCUT2D eigenvalue weighted by Crippen LogP contribution is 2.36. The van der Waals surface area contributed by atoms with Crippen molar-refractivity contribution in [2.45, 2.75) is 0 Å². The third kappa shape index (κ3) is 0.653. The van der Waals surface area contributed by atoms with Gasteiger partial charge in [-0.15, -0.1) is 10.2 Å². The smallest absolute Gasteiger partial charge is 0.249 e. The standard InChI is InChI=1S/C8H3BrN2O/c9-6-3-4-1-2-5(6)8-11-10-7(4)12-8/h1-3H. The van der Waals surface area contributed by atoms with Crippen LogP contribution in [0.2, 0.25) is 0 Å². The first-order chi connectivity index (χ1) is 5.84. The molecule has 0 atom stereocenters. The number of halogens is 1. The summed E-state index contributed by atoms with van der Waals surface area (Å²) in [6.45, 7) is 0. The van der Waals surface area contributed by atoms with Crippen molar-refractivity contribution in [2.24, 2.45) is 0 Å². The number of hydrogen-bond acceptors (Lipinski definition) is 3. The van der Waals surface area contributed by atoms with Gasteiger partial charge in [0, 0.05) is 10.0 Å². The molecule has 3 nitrogen and oxygen atoms in total. The highest BCUT2D eigenvalue weighted by molar-refractivity contribution is 9.10. The predicted octanol–water partition coefficient (Wildman–Crippen LogP) is 2.48. The van der Waals surface area contributed by atoms with Crippen LogP contribution in [0, 0.1) is 0 Å². The van der Waals surface area contributed by atoms with Crippen molar-refractivity contribution in [3.63, 3.8) is 0 Å². The van der Waals surface area contributed by atoms with Gasteiger partial charge in [0.25, 0.3) is 0 Å². The molecule has 0 saturated heterocycles. The first-order valence-electron chi connectivity index (χ1n) is 3.48. The molecule has 3 heterocycles. The molecule has 4 rings (SSSR count). The van der Waals surface area contributed by atoms with Crippen molar-refractivity contribution in [1.29, 1.82) is 0 Å². The van der Waals surface area contributed by atoms with Crippen LogP contribution in [0.3, 0.4) is 0 Å². The van der Waals surface area contributed by atoms with Crippen molar-refractivity contribution in [1.82, 2.24) is 10.2 Å². The minimum absolute atomic E-state index is 0.580. The van der Waals surface area contributed by atoms with Crippen LogP contribution < -0.4 is 0 Å². The molecular formula is C8H3BrN2O. The van der Waals surface area contributed by atoms with Gasteiger partial charge in [-0.3, -0.25) is 0 Å². The molecule has 0 amide bonds. The molecule has 1 aromatic heterocycles. The summed E-state index contributed by atoms with van der Waals surface area (Å²) in [5, 5.41) is 7.78. The average molecular weight is 223 g/mol. The molecular weight excluding hydrogens is 220 g/mol. The second-order valence-corrected chi connectivity index (χ2v) is 3.46. The quantitative estimate of drug-likeness (QED) is 0.587. The maximum Gasteiger partial charge on any atom is 0.249 e. The number of aromatic nitrogens is 2. The van der Waals surface area contributed by atoms with E-state index >= 15 is 0 Å². The van der Waals surface area contributed by atoms with E-state index in [9.17, 15) is 0 Å². The second kappa shape index (κ2) is 1.95. The Morgan fingerprint density at radius 3 is 2.83 bits per heavy atom. The van der Waals surface area contributed by atoms with Gasteiger partial charge in [-0.05, 0) is 34.1 Å². The first kappa shape index (κ1) is 6.37. The molecule has 0 saturated carbocycles. The van der Waals surface area contributed by atoms with E-state index in [1.165, 1.54) is 0 Å². The number of rotatable bonds is 0. The molecule has 0 fully saturated rings. The number of hydrogen-bond donors (Lipinski definition) is 0. The topological polar surface area (TPSA) is 38.9 Å². The van der Waals surface area contributed by atoms with Gasteiger partial charge in [-0.25, -0.2) is 0 Å². The Hall–Kier alpha value is -1.16. The molecule has 2 aliphatic heterocycles. The Morgan fingerprint density at radius 1 is 1.17 bits per heavy atom. The third-order valence-electron chi connectivity index (χ3n) is 1.87. The summed E-state index contributed by atoms with van der Waals surface area (Å²) in [7, 11) is 0. The average Bonchev–Trinajstić information content (AvgIpc) is 2.40. The first-order valence-corrected chi connectivity index (χ1v) is 4.28. The minimum Gasteiger partial charge on any atom is -0.416 e. The van der Waals surface area contributed by atoms with Gasteiger partial charge < -0.3 is 4.42 Å². The van der Waals surface area contributed by atoms with Crippen LogP contribution in [0.25, 0.3) is 22.9 Å². The Labute approximate surface area is 76.6 Å². The van der Waals surface area contributed by atoms with Crippen LogP contribution in [-0.4, -0.2) is 10.2 Å². The maximum atomic E-state index is 5.36. The van der Waals surface area contributed by atoms with Crippen LogP contribution in [-0.2, 0) is 0 Å². The van der Waals surface area contributed by atoms with Crippen LogP contribution in [0.1, 0.15) is 0 Å². The zero-order chi connectivity index (χ0) is 8.13. The molecule has 0 unspecified atom stereocenters. The summed E-state index contributed by atoms with van der Waals surface area (Å²) in [6.07, 6.45) is 0. The third-order valence-corrected chi connectivity index (χ3v) is 2.53. The summed E-state index contributed by atoms with van der Waals surface area (Å²) in [5.41, 5.74) is 1.91. The van der Waals surface area contributed by atoms with Gasteiger partial charge in [0.05, 0.1) is 5.56 Å². The molecule has 2 aromatic rings. The summed E-state index contributed by atoms with van der Waals surface area (Å²) >= 11 is 3.43. The van der Waals surface area contributed by atoms with E-state index in [-0.39, 0.29) is 0 Å². The van der Waals surface area contributed by atoms with Crippen molar-refractivity contribution in [3.8, 4) is 22.9 Å². The van der Waals surface area contributed by atoms with E-state index in [0.29, 0.717) is 11.8 Å². The van der Waals surface area contributed by atoms with Gasteiger partial charge in [-0.1, -0.05) is 0 Å². The van der Waals surface area contributed by atoms with E-state index < -0.39 is 0 Å². The fraction of sp³-hybridized carbons (Fsp3) is 0. The number of benzene rings is 1. The lowest BCUT2D eigenvalue weighted by Gasteiger charge is -1.97. The molecule has 1 aromatic carbocycles. The summed E-state index contributed by atoms with van der Waals surface area (Å²) in [4.78, 5) is 0. The lowest BCUT2D eigenvalue weighted by Crippen LogP contribution is -1.83. The van der Waals surface area contributed by atoms with Crippen LogP contribution in [0.4, 0.5) is 0 Å². The predicted molar refractivity (Wildman–Crippen MR) is 46.4 cm³/mol. The molecule has 0 aliphatic carbocycles. The maximum absolute atomic E-state index is 5.36. The summed E-state index contributed by atoms with van der Waals surface area (Å²) in [5.74, 6) is 1.17. The van der Waals surface area contributed by atoms with Crippen molar-refractivity contribution < 1.29 is 4.42 Å². The fourth-order valence-corrected chi connectivity index (χ4v) is 1.82. The van der Waals surface area contributed by atoms with E-state index in [1.807, 2.05) is 18.2 Å². The molecule has 0 spiro atoms. The summed E-state index contributed by atoms with van der Waals surface area (Å²) in [6, 6.07) is 5.93. The fourth-order valence-electron chi connectivity index (χ4n) is 1.27. The van der Waals surface area contributed by atoms with Crippen LogP contribution in [0.15, 0.2) is 27.1 Å². The van der Waals surface area contributed by atoms with E-state index in [4.69, 9.17) is 4.42 Å². The molecule has 0 N–H and O–H groups in total. The molecule has 4 bridgehead atoms. The Balaban J connectivity index is 2.54. The van der Waals surface area contributed by atoms with E-state index in [1.54, 1.807) is 0 Å². The molecule has 4 heteroatoms. The largest absolute Gasteiger partial charge is 0.416 e. The SMILES string of the molecule is Brc1cc2ccc1-c1nnc-2o1. The van der Waals surface area contributed by atoms with Crippen molar-refractivity contribution >= 4 is 15.9 Å². The van der Waals surface area contributed by atoms with Crippen molar-refractivity contribution in [3.05, 3.63) is 22.7 Å². The van der Waals surface area contributed by atoms with Gasteiger partial charge >= 0.3 is 0 Å². The normalized spacial score (nSPS) is 11.8. The van der Waals surface area contributed by atoms with Crippen LogP contribution >= 0.6 is 15.9 Å². The highest BCUT2D eigenvalue weighted by atomic mass is 79.9. The van der Waals surface area contributed by atoms with Gasteiger partial charge in [0.1, 0.15) is 0 Å². The molecule has 2 aliphatic rings. The van der Waals surface area contributed by atoms with Crippen LogP contribution in [0.5, 0.6) is 0 Å². The molecule has 58 valence electrons. The number of fused-ring (bicyclic) bond motifs is 2. The Morgan fingerprint density at radius 2 is 2.00 bits per heavy atom. The lowest BCUT2D eigenvalue weighted by atomic mass is 10.1. The van der Waals surface area contributed by atoms with E-state index in [2.05, 4.69) is 26.1 Å². The molecule has 12 heavy (non-hydrogen) atoms.